The molecule has 2 aliphatic heterocycles. The van der Waals surface area contributed by atoms with Gasteiger partial charge in [0.25, 0.3) is 0 Å². The van der Waals surface area contributed by atoms with E-state index in [0.717, 1.165) is 25.1 Å². The van der Waals surface area contributed by atoms with E-state index >= 15 is 0 Å². The molecule has 0 spiro atoms. The predicted octanol–water partition coefficient (Wildman–Crippen LogP) is 1.56. The van der Waals surface area contributed by atoms with Crippen molar-refractivity contribution in [3.05, 3.63) is 29.8 Å². The third-order valence-electron chi connectivity index (χ3n) is 5.36. The molecule has 1 amide bonds. The van der Waals surface area contributed by atoms with Crippen LogP contribution in [-0.4, -0.2) is 74.2 Å². The average Bonchev–Trinajstić information content (AvgIpc) is 2.62. The van der Waals surface area contributed by atoms with Gasteiger partial charge in [0.2, 0.25) is 15.9 Å². The van der Waals surface area contributed by atoms with E-state index in [1.165, 1.54) is 10.7 Å². The van der Waals surface area contributed by atoms with Crippen LogP contribution in [0.2, 0.25) is 0 Å². The van der Waals surface area contributed by atoms with Crippen LogP contribution >= 0.6 is 0 Å². The van der Waals surface area contributed by atoms with Crippen LogP contribution in [0.5, 0.6) is 0 Å². The Kier molecular flexibility index (Phi) is 5.99. The molecule has 2 heterocycles. The molecule has 0 aliphatic carbocycles. The SMILES string of the molecule is Cc1ccc(S(=O)(=O)N2CCN(CC(=O)N3CCC[C@@H](C)C3)CC2)cc1. The van der Waals surface area contributed by atoms with Gasteiger partial charge in [0.15, 0.2) is 0 Å². The van der Waals surface area contributed by atoms with Crippen molar-refractivity contribution < 1.29 is 13.2 Å². The lowest BCUT2D eigenvalue weighted by atomic mass is 10.0. The largest absolute Gasteiger partial charge is 0.341 e. The second-order valence-electron chi connectivity index (χ2n) is 7.58. The van der Waals surface area contributed by atoms with Gasteiger partial charge in [-0.3, -0.25) is 9.69 Å². The lowest BCUT2D eigenvalue weighted by Gasteiger charge is -2.36. The van der Waals surface area contributed by atoms with Crippen molar-refractivity contribution >= 4 is 15.9 Å². The lowest BCUT2D eigenvalue weighted by Crippen LogP contribution is -2.52. The standard InChI is InChI=1S/C19H29N3O3S/c1-16-5-7-18(8-6-16)26(24,25)22-12-10-20(11-13-22)15-19(23)21-9-3-4-17(2)14-21/h5-8,17H,3-4,9-15H2,1-2H3/t17-/m1/s1. The maximum atomic E-state index is 12.7. The minimum absolute atomic E-state index is 0.173. The van der Waals surface area contributed by atoms with Gasteiger partial charge in [-0.05, 0) is 37.8 Å². The number of amides is 1. The Morgan fingerprint density at radius 3 is 2.35 bits per heavy atom. The number of hydrogen-bond donors (Lipinski definition) is 0. The zero-order chi connectivity index (χ0) is 18.7. The summed E-state index contributed by atoms with van der Waals surface area (Å²) in [7, 11) is -3.45. The summed E-state index contributed by atoms with van der Waals surface area (Å²) in [5, 5.41) is 0. The van der Waals surface area contributed by atoms with Crippen LogP contribution in [0.15, 0.2) is 29.2 Å². The van der Waals surface area contributed by atoms with Gasteiger partial charge >= 0.3 is 0 Å². The average molecular weight is 380 g/mol. The molecule has 1 aromatic rings. The summed E-state index contributed by atoms with van der Waals surface area (Å²) in [6, 6.07) is 6.97. The van der Waals surface area contributed by atoms with E-state index in [2.05, 4.69) is 11.8 Å². The van der Waals surface area contributed by atoms with Crippen molar-refractivity contribution in [2.24, 2.45) is 5.92 Å². The monoisotopic (exact) mass is 379 g/mol. The highest BCUT2D eigenvalue weighted by atomic mass is 32.2. The van der Waals surface area contributed by atoms with Crippen LogP contribution in [0.1, 0.15) is 25.3 Å². The topological polar surface area (TPSA) is 60.9 Å². The molecular weight excluding hydrogens is 350 g/mol. The van der Waals surface area contributed by atoms with Crippen LogP contribution < -0.4 is 0 Å². The molecule has 0 N–H and O–H groups in total. The summed E-state index contributed by atoms with van der Waals surface area (Å²) in [4.78, 5) is 16.9. The smallest absolute Gasteiger partial charge is 0.243 e. The van der Waals surface area contributed by atoms with Gasteiger partial charge in [-0.25, -0.2) is 8.42 Å². The highest BCUT2D eigenvalue weighted by Crippen LogP contribution is 2.19. The maximum absolute atomic E-state index is 12.7. The minimum atomic E-state index is -3.45. The quantitative estimate of drug-likeness (QED) is 0.797. The highest BCUT2D eigenvalue weighted by Gasteiger charge is 2.30. The fourth-order valence-corrected chi connectivity index (χ4v) is 5.12. The number of piperidine rings is 1. The number of hydrogen-bond acceptors (Lipinski definition) is 4. The van der Waals surface area contributed by atoms with Gasteiger partial charge in [-0.15, -0.1) is 0 Å². The number of piperazine rings is 1. The Balaban J connectivity index is 1.54. The summed E-state index contributed by atoms with van der Waals surface area (Å²) < 4.78 is 27.0. The number of rotatable bonds is 4. The highest BCUT2D eigenvalue weighted by molar-refractivity contribution is 7.89. The first kappa shape index (κ1) is 19.3. The van der Waals surface area contributed by atoms with Crippen molar-refractivity contribution in [2.45, 2.75) is 31.6 Å². The zero-order valence-electron chi connectivity index (χ0n) is 15.7. The molecule has 2 aliphatic rings. The molecule has 144 valence electrons. The number of nitrogens with zero attached hydrogens (tertiary/aromatic N) is 3. The van der Waals surface area contributed by atoms with Crippen LogP contribution in [0, 0.1) is 12.8 Å². The second-order valence-corrected chi connectivity index (χ2v) is 9.52. The van der Waals surface area contributed by atoms with Crippen LogP contribution in [0.4, 0.5) is 0 Å². The van der Waals surface area contributed by atoms with Gasteiger partial charge < -0.3 is 4.90 Å². The molecule has 0 bridgehead atoms. The lowest BCUT2D eigenvalue weighted by molar-refractivity contribution is -0.134. The molecule has 0 aromatic heterocycles. The first-order chi connectivity index (χ1) is 12.4. The number of aryl methyl sites for hydroxylation is 1. The molecule has 0 saturated carbocycles. The Bertz CT molecular complexity index is 725. The first-order valence-corrected chi connectivity index (χ1v) is 10.9. The van der Waals surface area contributed by atoms with Crippen LogP contribution in [-0.2, 0) is 14.8 Å². The second kappa shape index (κ2) is 8.06. The number of carbonyl (C=O) groups excluding carboxylic acids is 1. The molecule has 2 fully saturated rings. The Hall–Kier alpha value is -1.44. The van der Waals surface area contributed by atoms with E-state index < -0.39 is 10.0 Å². The molecule has 2 saturated heterocycles. The third kappa shape index (κ3) is 4.45. The normalized spacial score (nSPS) is 23.2. The van der Waals surface area contributed by atoms with E-state index in [1.807, 2.05) is 24.0 Å². The Labute approximate surface area is 156 Å². The summed E-state index contributed by atoms with van der Waals surface area (Å²) in [6.45, 7) is 8.28. The summed E-state index contributed by atoms with van der Waals surface area (Å²) in [6.07, 6.45) is 2.27. The molecule has 0 radical (unpaired) electrons. The van der Waals surface area contributed by atoms with Crippen molar-refractivity contribution in [1.82, 2.24) is 14.1 Å². The van der Waals surface area contributed by atoms with E-state index in [4.69, 9.17) is 0 Å². The molecule has 26 heavy (non-hydrogen) atoms. The van der Waals surface area contributed by atoms with Gasteiger partial charge in [0.1, 0.15) is 0 Å². The summed E-state index contributed by atoms with van der Waals surface area (Å²) in [5.41, 5.74) is 1.04. The maximum Gasteiger partial charge on any atom is 0.243 e. The summed E-state index contributed by atoms with van der Waals surface area (Å²) in [5.74, 6) is 0.746. The Morgan fingerprint density at radius 1 is 1.08 bits per heavy atom. The fourth-order valence-electron chi connectivity index (χ4n) is 3.69. The van der Waals surface area contributed by atoms with E-state index in [9.17, 15) is 13.2 Å². The predicted molar refractivity (Wildman–Crippen MR) is 101 cm³/mol. The number of sulfonamides is 1. The number of benzene rings is 1. The molecule has 1 aromatic carbocycles. The molecular formula is C19H29N3O3S. The van der Waals surface area contributed by atoms with Crippen LogP contribution in [0.25, 0.3) is 0 Å². The van der Waals surface area contributed by atoms with Gasteiger partial charge in [-0.2, -0.15) is 4.31 Å². The first-order valence-electron chi connectivity index (χ1n) is 9.43. The minimum Gasteiger partial charge on any atom is -0.341 e. The number of likely N-dealkylation sites (tertiary alicyclic amines) is 1. The van der Waals surface area contributed by atoms with Crippen LogP contribution in [0.3, 0.4) is 0 Å². The summed E-state index contributed by atoms with van der Waals surface area (Å²) >= 11 is 0. The number of carbonyl (C=O) groups is 1. The molecule has 1 atom stereocenters. The zero-order valence-corrected chi connectivity index (χ0v) is 16.5. The fraction of sp³-hybridized carbons (Fsp3) is 0.632. The molecule has 0 unspecified atom stereocenters. The van der Waals surface area contributed by atoms with Crippen molar-refractivity contribution in [1.29, 1.82) is 0 Å². The third-order valence-corrected chi connectivity index (χ3v) is 7.27. The Morgan fingerprint density at radius 2 is 1.73 bits per heavy atom. The van der Waals surface area contributed by atoms with Gasteiger partial charge in [0.05, 0.1) is 11.4 Å². The van der Waals surface area contributed by atoms with E-state index in [1.54, 1.807) is 12.1 Å². The van der Waals surface area contributed by atoms with Gasteiger partial charge in [-0.1, -0.05) is 24.6 Å². The molecule has 3 rings (SSSR count). The van der Waals surface area contributed by atoms with E-state index in [-0.39, 0.29) is 5.91 Å². The molecule has 7 heteroatoms. The van der Waals surface area contributed by atoms with Crippen molar-refractivity contribution in [3.63, 3.8) is 0 Å². The van der Waals surface area contributed by atoms with E-state index in [0.29, 0.717) is 43.5 Å². The molecule has 6 nitrogen and oxygen atoms in total. The van der Waals surface area contributed by atoms with Crippen molar-refractivity contribution in [2.75, 3.05) is 45.8 Å². The van der Waals surface area contributed by atoms with Gasteiger partial charge in [0, 0.05) is 39.3 Å². The van der Waals surface area contributed by atoms with Crippen molar-refractivity contribution in [3.8, 4) is 0 Å².